The second-order valence-corrected chi connectivity index (χ2v) is 8.19. The SMILES string of the molecule is C=C(C)[C@H](CC=C(C)C)Cc1c(O)cc(OC)c(C(=O)/C=C/c2ccc(O)cc2OC)c1O. The first-order valence-corrected chi connectivity index (χ1v) is 10.6. The molecule has 6 heteroatoms. The number of methoxy groups -OCH3 is 2. The fraction of sp³-hybridized carbons (Fsp3) is 0.296. The summed E-state index contributed by atoms with van der Waals surface area (Å²) < 4.78 is 10.5. The van der Waals surface area contributed by atoms with Gasteiger partial charge in [-0.15, -0.1) is 0 Å². The van der Waals surface area contributed by atoms with E-state index in [9.17, 15) is 20.1 Å². The summed E-state index contributed by atoms with van der Waals surface area (Å²) in [6, 6.07) is 5.87. The molecule has 0 saturated carbocycles. The van der Waals surface area contributed by atoms with E-state index in [2.05, 4.69) is 12.7 Å². The smallest absolute Gasteiger partial charge is 0.193 e. The quantitative estimate of drug-likeness (QED) is 0.239. The van der Waals surface area contributed by atoms with Gasteiger partial charge in [0.2, 0.25) is 0 Å². The molecule has 0 radical (unpaired) electrons. The van der Waals surface area contributed by atoms with E-state index in [4.69, 9.17) is 9.47 Å². The minimum atomic E-state index is -0.503. The van der Waals surface area contributed by atoms with Gasteiger partial charge in [0.25, 0.3) is 0 Å². The zero-order valence-electron chi connectivity index (χ0n) is 19.8. The summed E-state index contributed by atoms with van der Waals surface area (Å²) in [5.41, 5.74) is 2.88. The second kappa shape index (κ2) is 11.3. The number of ketones is 1. The first-order valence-electron chi connectivity index (χ1n) is 10.6. The molecular weight excluding hydrogens is 420 g/mol. The van der Waals surface area contributed by atoms with Crippen LogP contribution in [0, 0.1) is 5.92 Å². The lowest BCUT2D eigenvalue weighted by Gasteiger charge is -2.19. The van der Waals surface area contributed by atoms with Crippen molar-refractivity contribution in [1.82, 2.24) is 0 Å². The van der Waals surface area contributed by atoms with E-state index in [0.29, 0.717) is 24.2 Å². The lowest BCUT2D eigenvalue weighted by molar-refractivity contribution is 0.104. The summed E-state index contributed by atoms with van der Waals surface area (Å²) in [5, 5.41) is 31.2. The van der Waals surface area contributed by atoms with Crippen LogP contribution in [-0.4, -0.2) is 35.3 Å². The third-order valence-corrected chi connectivity index (χ3v) is 5.40. The van der Waals surface area contributed by atoms with E-state index in [1.807, 2.05) is 20.8 Å². The van der Waals surface area contributed by atoms with E-state index in [-0.39, 0.29) is 40.0 Å². The van der Waals surface area contributed by atoms with E-state index in [0.717, 1.165) is 11.1 Å². The zero-order chi connectivity index (χ0) is 24.7. The van der Waals surface area contributed by atoms with Gasteiger partial charge in [-0.25, -0.2) is 0 Å². The van der Waals surface area contributed by atoms with Gasteiger partial charge in [-0.1, -0.05) is 23.8 Å². The number of aromatic hydroxyl groups is 3. The lowest BCUT2D eigenvalue weighted by Crippen LogP contribution is -2.08. The molecule has 0 bridgehead atoms. The van der Waals surface area contributed by atoms with Gasteiger partial charge in [0.1, 0.15) is 34.3 Å². The third-order valence-electron chi connectivity index (χ3n) is 5.40. The Bertz CT molecular complexity index is 1090. The number of hydrogen-bond acceptors (Lipinski definition) is 6. The molecule has 0 heterocycles. The first-order chi connectivity index (χ1) is 15.6. The fourth-order valence-electron chi connectivity index (χ4n) is 3.44. The molecule has 3 N–H and O–H groups in total. The van der Waals surface area contributed by atoms with Crippen LogP contribution in [0.2, 0.25) is 0 Å². The molecule has 33 heavy (non-hydrogen) atoms. The van der Waals surface area contributed by atoms with Crippen LogP contribution in [0.4, 0.5) is 0 Å². The van der Waals surface area contributed by atoms with Crippen molar-refractivity contribution in [2.24, 2.45) is 5.92 Å². The topological polar surface area (TPSA) is 96.2 Å². The number of phenolic OH excluding ortho intramolecular Hbond substituents is 3. The highest BCUT2D eigenvalue weighted by molar-refractivity contribution is 6.11. The average Bonchev–Trinajstić information content (AvgIpc) is 2.76. The molecule has 0 spiro atoms. The predicted octanol–water partition coefficient (Wildman–Crippen LogP) is 5.81. The van der Waals surface area contributed by atoms with Gasteiger partial charge in [0.15, 0.2) is 5.78 Å². The minimum Gasteiger partial charge on any atom is -0.508 e. The van der Waals surface area contributed by atoms with Crippen molar-refractivity contribution in [2.75, 3.05) is 14.2 Å². The fourth-order valence-corrected chi connectivity index (χ4v) is 3.44. The number of rotatable bonds is 10. The summed E-state index contributed by atoms with van der Waals surface area (Å²) >= 11 is 0. The summed E-state index contributed by atoms with van der Waals surface area (Å²) in [5.74, 6) is -0.488. The highest BCUT2D eigenvalue weighted by Gasteiger charge is 2.24. The Kier molecular flexibility index (Phi) is 8.74. The van der Waals surface area contributed by atoms with Gasteiger partial charge < -0.3 is 24.8 Å². The average molecular weight is 453 g/mol. The molecule has 2 rings (SSSR count). The van der Waals surface area contributed by atoms with Gasteiger partial charge in [-0.3, -0.25) is 4.79 Å². The van der Waals surface area contributed by atoms with Crippen molar-refractivity contribution in [2.45, 2.75) is 33.6 Å². The van der Waals surface area contributed by atoms with Crippen LogP contribution in [0.1, 0.15) is 48.7 Å². The summed E-state index contributed by atoms with van der Waals surface area (Å²) in [6.45, 7) is 9.95. The monoisotopic (exact) mass is 452 g/mol. The highest BCUT2D eigenvalue weighted by atomic mass is 16.5. The van der Waals surface area contributed by atoms with Gasteiger partial charge in [-0.2, -0.15) is 0 Å². The zero-order valence-corrected chi connectivity index (χ0v) is 19.8. The summed E-state index contributed by atoms with van der Waals surface area (Å²) in [4.78, 5) is 13.1. The van der Waals surface area contributed by atoms with Crippen LogP contribution in [0.15, 0.2) is 54.1 Å². The molecule has 0 fully saturated rings. The largest absolute Gasteiger partial charge is 0.508 e. The van der Waals surface area contributed by atoms with Crippen LogP contribution >= 0.6 is 0 Å². The van der Waals surface area contributed by atoms with Gasteiger partial charge in [0, 0.05) is 23.3 Å². The van der Waals surface area contributed by atoms with Crippen LogP contribution in [0.25, 0.3) is 6.08 Å². The Balaban J connectivity index is 2.47. The lowest BCUT2D eigenvalue weighted by atomic mass is 9.88. The van der Waals surface area contributed by atoms with Crippen molar-refractivity contribution >= 4 is 11.9 Å². The number of allylic oxidation sites excluding steroid dienone is 4. The van der Waals surface area contributed by atoms with Crippen molar-refractivity contribution in [3.05, 3.63) is 70.8 Å². The normalized spacial score (nSPS) is 11.8. The molecule has 0 saturated heterocycles. The van der Waals surface area contributed by atoms with Crippen molar-refractivity contribution in [1.29, 1.82) is 0 Å². The third kappa shape index (κ3) is 6.42. The standard InChI is InChI=1S/C27H32O6/c1-16(2)7-8-19(17(3)4)13-21-23(30)15-25(33-6)26(27(21)31)22(29)12-10-18-9-11-20(28)14-24(18)32-5/h7,9-12,14-15,19,28,30-31H,3,8,13H2,1-2,4-6H3/b12-10+/t19-/m1/s1. The Morgan fingerprint density at radius 1 is 1.06 bits per heavy atom. The van der Waals surface area contributed by atoms with Crippen molar-refractivity contribution < 1.29 is 29.6 Å². The number of hydrogen-bond donors (Lipinski definition) is 3. The van der Waals surface area contributed by atoms with Crippen LogP contribution in [0.5, 0.6) is 28.7 Å². The molecule has 1 atom stereocenters. The Hall–Kier alpha value is -3.67. The maximum Gasteiger partial charge on any atom is 0.193 e. The van der Waals surface area contributed by atoms with E-state index >= 15 is 0 Å². The number of carbonyl (C=O) groups is 1. The number of phenols is 3. The van der Waals surface area contributed by atoms with Gasteiger partial charge >= 0.3 is 0 Å². The summed E-state index contributed by atoms with van der Waals surface area (Å²) in [6.07, 6.45) is 5.91. The van der Waals surface area contributed by atoms with Crippen LogP contribution in [-0.2, 0) is 6.42 Å². The number of benzene rings is 2. The molecular formula is C27H32O6. The molecule has 2 aromatic rings. The van der Waals surface area contributed by atoms with Crippen molar-refractivity contribution in [3.8, 4) is 28.7 Å². The molecule has 0 aliphatic heterocycles. The van der Waals surface area contributed by atoms with Gasteiger partial charge in [-0.05, 0) is 63.8 Å². The van der Waals surface area contributed by atoms with Crippen LogP contribution < -0.4 is 9.47 Å². The molecule has 176 valence electrons. The molecule has 2 aromatic carbocycles. The number of ether oxygens (including phenoxy) is 2. The van der Waals surface area contributed by atoms with Gasteiger partial charge in [0.05, 0.1) is 14.2 Å². The molecule has 6 nitrogen and oxygen atoms in total. The van der Waals surface area contributed by atoms with E-state index in [1.54, 1.807) is 6.07 Å². The predicted molar refractivity (Wildman–Crippen MR) is 130 cm³/mol. The molecule has 0 unspecified atom stereocenters. The summed E-state index contributed by atoms with van der Waals surface area (Å²) in [7, 11) is 2.82. The highest BCUT2D eigenvalue weighted by Crippen LogP contribution is 2.41. The second-order valence-electron chi connectivity index (χ2n) is 8.19. The minimum absolute atomic E-state index is 0.0233. The molecule has 0 aromatic heterocycles. The number of carbonyl (C=O) groups excluding carboxylic acids is 1. The molecule has 0 amide bonds. The van der Waals surface area contributed by atoms with E-state index in [1.165, 1.54) is 44.6 Å². The Morgan fingerprint density at radius 3 is 2.30 bits per heavy atom. The first kappa shape index (κ1) is 25.6. The molecule has 0 aliphatic carbocycles. The van der Waals surface area contributed by atoms with Crippen LogP contribution in [0.3, 0.4) is 0 Å². The molecule has 0 aliphatic rings. The van der Waals surface area contributed by atoms with Crippen molar-refractivity contribution in [3.63, 3.8) is 0 Å². The Labute approximate surface area is 195 Å². The van der Waals surface area contributed by atoms with E-state index < -0.39 is 5.78 Å². The Morgan fingerprint density at radius 2 is 1.73 bits per heavy atom. The maximum absolute atomic E-state index is 13.1. The maximum atomic E-state index is 13.1.